The van der Waals surface area contributed by atoms with Crippen molar-refractivity contribution in [2.24, 2.45) is 4.99 Å². The van der Waals surface area contributed by atoms with E-state index in [0.717, 1.165) is 25.0 Å². The number of carbonyl (C=O) groups is 1. The first-order valence-electron chi connectivity index (χ1n) is 5.47. The molecule has 0 saturated carbocycles. The fourth-order valence-electron chi connectivity index (χ4n) is 1.92. The summed E-state index contributed by atoms with van der Waals surface area (Å²) in [6.07, 6.45) is 2.53. The lowest BCUT2D eigenvalue weighted by molar-refractivity contribution is -0.141. The fraction of sp³-hybridized carbons (Fsp3) is 0.385. The van der Waals surface area contributed by atoms with E-state index in [1.807, 2.05) is 18.2 Å². The first kappa shape index (κ1) is 10.9. The molecule has 1 heterocycles. The first-order chi connectivity index (χ1) is 7.79. The van der Waals surface area contributed by atoms with Crippen LogP contribution in [0.1, 0.15) is 18.4 Å². The van der Waals surface area contributed by atoms with Gasteiger partial charge in [-0.1, -0.05) is 30.3 Å². The van der Waals surface area contributed by atoms with Crippen LogP contribution in [-0.2, 0) is 16.0 Å². The number of benzene rings is 1. The Balaban J connectivity index is 2.00. The van der Waals surface area contributed by atoms with Crippen molar-refractivity contribution in [1.82, 2.24) is 0 Å². The van der Waals surface area contributed by atoms with E-state index in [9.17, 15) is 4.79 Å². The van der Waals surface area contributed by atoms with E-state index in [0.29, 0.717) is 0 Å². The predicted octanol–water partition coefficient (Wildman–Crippen LogP) is 2.01. The average Bonchev–Trinajstić information content (AvgIpc) is 2.78. The lowest BCUT2D eigenvalue weighted by atomic mass is 10.1. The van der Waals surface area contributed by atoms with Crippen LogP contribution >= 0.6 is 0 Å². The zero-order valence-electron chi connectivity index (χ0n) is 9.35. The Morgan fingerprint density at radius 3 is 2.88 bits per heavy atom. The highest BCUT2D eigenvalue weighted by atomic mass is 16.5. The van der Waals surface area contributed by atoms with Crippen molar-refractivity contribution in [1.29, 1.82) is 0 Å². The Kier molecular flexibility index (Phi) is 3.34. The van der Waals surface area contributed by atoms with E-state index in [-0.39, 0.29) is 12.0 Å². The minimum Gasteiger partial charge on any atom is -0.467 e. The number of ether oxygens (including phenoxy) is 1. The smallest absolute Gasteiger partial charge is 0.330 e. The molecule has 0 amide bonds. The standard InChI is InChI=1S/C13H15NO2/c1-16-13(15)12-8-7-11(14-12)9-10-5-3-2-4-6-10/h2-6,12H,7-9H2,1H3/t12-/m0/s1. The maximum atomic E-state index is 11.3. The summed E-state index contributed by atoms with van der Waals surface area (Å²) < 4.78 is 4.69. The van der Waals surface area contributed by atoms with Crippen LogP contribution in [0, 0.1) is 0 Å². The van der Waals surface area contributed by atoms with Crippen LogP contribution in [0.2, 0.25) is 0 Å². The number of rotatable bonds is 3. The second-order valence-electron chi connectivity index (χ2n) is 3.94. The number of carbonyl (C=O) groups excluding carboxylic acids is 1. The van der Waals surface area contributed by atoms with Crippen molar-refractivity contribution in [3.05, 3.63) is 35.9 Å². The number of hydrogen-bond donors (Lipinski definition) is 0. The molecule has 2 rings (SSSR count). The van der Waals surface area contributed by atoms with Crippen molar-refractivity contribution in [2.45, 2.75) is 25.3 Å². The van der Waals surface area contributed by atoms with Crippen LogP contribution in [0.15, 0.2) is 35.3 Å². The van der Waals surface area contributed by atoms with E-state index in [2.05, 4.69) is 21.9 Å². The molecule has 16 heavy (non-hydrogen) atoms. The minimum atomic E-state index is -0.274. The number of esters is 1. The van der Waals surface area contributed by atoms with Crippen molar-refractivity contribution >= 4 is 11.7 Å². The molecular weight excluding hydrogens is 202 g/mol. The molecule has 1 aromatic rings. The minimum absolute atomic E-state index is 0.219. The molecule has 0 aromatic heterocycles. The van der Waals surface area contributed by atoms with Crippen molar-refractivity contribution in [3.8, 4) is 0 Å². The molecule has 1 aromatic carbocycles. The Bertz CT molecular complexity index is 398. The molecule has 0 fully saturated rings. The van der Waals surface area contributed by atoms with E-state index in [4.69, 9.17) is 0 Å². The summed E-state index contributed by atoms with van der Waals surface area (Å²) in [7, 11) is 1.41. The summed E-state index contributed by atoms with van der Waals surface area (Å²) in [5.74, 6) is -0.219. The fourth-order valence-corrected chi connectivity index (χ4v) is 1.92. The SMILES string of the molecule is COC(=O)[C@@H]1CCC(Cc2ccccc2)=N1. The summed E-state index contributed by atoms with van der Waals surface area (Å²) in [5, 5.41) is 0. The summed E-state index contributed by atoms with van der Waals surface area (Å²) >= 11 is 0. The number of hydrogen-bond acceptors (Lipinski definition) is 3. The summed E-state index contributed by atoms with van der Waals surface area (Å²) in [5.41, 5.74) is 2.34. The van der Waals surface area contributed by atoms with Gasteiger partial charge in [-0.15, -0.1) is 0 Å². The Morgan fingerprint density at radius 2 is 2.19 bits per heavy atom. The molecule has 1 aliphatic heterocycles. The van der Waals surface area contributed by atoms with Gasteiger partial charge < -0.3 is 4.74 Å². The Morgan fingerprint density at radius 1 is 1.44 bits per heavy atom. The number of aliphatic imine (C=N–C) groups is 1. The van der Waals surface area contributed by atoms with Crippen molar-refractivity contribution in [2.75, 3.05) is 7.11 Å². The van der Waals surface area contributed by atoms with Gasteiger partial charge >= 0.3 is 5.97 Å². The third-order valence-electron chi connectivity index (χ3n) is 2.77. The van der Waals surface area contributed by atoms with Gasteiger partial charge in [0.2, 0.25) is 0 Å². The normalized spacial score (nSPS) is 19.3. The van der Waals surface area contributed by atoms with Gasteiger partial charge in [0.05, 0.1) is 7.11 Å². The molecule has 0 bridgehead atoms. The molecule has 3 nitrogen and oxygen atoms in total. The Hall–Kier alpha value is -1.64. The third-order valence-corrected chi connectivity index (χ3v) is 2.77. The van der Waals surface area contributed by atoms with Gasteiger partial charge in [-0.05, 0) is 18.4 Å². The molecule has 84 valence electrons. The van der Waals surface area contributed by atoms with Crippen LogP contribution in [-0.4, -0.2) is 24.8 Å². The third kappa shape index (κ3) is 2.48. The maximum Gasteiger partial charge on any atom is 0.330 e. The molecule has 0 aliphatic carbocycles. The molecule has 3 heteroatoms. The first-order valence-corrected chi connectivity index (χ1v) is 5.47. The second-order valence-corrected chi connectivity index (χ2v) is 3.94. The van der Waals surface area contributed by atoms with Crippen LogP contribution in [0.4, 0.5) is 0 Å². The molecule has 0 unspecified atom stereocenters. The highest BCUT2D eigenvalue weighted by molar-refractivity contribution is 5.92. The lowest BCUT2D eigenvalue weighted by Gasteiger charge is -2.02. The van der Waals surface area contributed by atoms with E-state index < -0.39 is 0 Å². The maximum absolute atomic E-state index is 11.3. The van der Waals surface area contributed by atoms with Crippen LogP contribution < -0.4 is 0 Å². The zero-order chi connectivity index (χ0) is 11.4. The molecule has 0 spiro atoms. The lowest BCUT2D eigenvalue weighted by Crippen LogP contribution is -2.16. The molecule has 0 radical (unpaired) electrons. The molecule has 0 N–H and O–H groups in total. The largest absolute Gasteiger partial charge is 0.467 e. The van der Waals surface area contributed by atoms with Crippen molar-refractivity contribution in [3.63, 3.8) is 0 Å². The molecular formula is C13H15NO2. The van der Waals surface area contributed by atoms with Gasteiger partial charge in [0.25, 0.3) is 0 Å². The van der Waals surface area contributed by atoms with Crippen LogP contribution in [0.25, 0.3) is 0 Å². The van der Waals surface area contributed by atoms with Gasteiger partial charge in [0.1, 0.15) is 6.04 Å². The highest BCUT2D eigenvalue weighted by Gasteiger charge is 2.24. The summed E-state index contributed by atoms with van der Waals surface area (Å²) in [6.45, 7) is 0. The van der Waals surface area contributed by atoms with E-state index >= 15 is 0 Å². The van der Waals surface area contributed by atoms with E-state index in [1.165, 1.54) is 12.7 Å². The predicted molar refractivity (Wildman–Crippen MR) is 62.6 cm³/mol. The van der Waals surface area contributed by atoms with Crippen LogP contribution in [0.5, 0.6) is 0 Å². The monoisotopic (exact) mass is 217 g/mol. The van der Waals surface area contributed by atoms with E-state index in [1.54, 1.807) is 0 Å². The topological polar surface area (TPSA) is 38.7 Å². The molecule has 1 atom stereocenters. The van der Waals surface area contributed by atoms with Gasteiger partial charge in [-0.25, -0.2) is 4.79 Å². The molecule has 1 aliphatic rings. The average molecular weight is 217 g/mol. The van der Waals surface area contributed by atoms with Crippen LogP contribution in [0.3, 0.4) is 0 Å². The van der Waals surface area contributed by atoms with Gasteiger partial charge in [-0.3, -0.25) is 4.99 Å². The van der Waals surface area contributed by atoms with Crippen molar-refractivity contribution < 1.29 is 9.53 Å². The zero-order valence-corrected chi connectivity index (χ0v) is 9.35. The second kappa shape index (κ2) is 4.92. The Labute approximate surface area is 95.2 Å². The van der Waals surface area contributed by atoms with Gasteiger partial charge in [0, 0.05) is 12.1 Å². The quantitative estimate of drug-likeness (QED) is 0.726. The summed E-state index contributed by atoms with van der Waals surface area (Å²) in [6, 6.07) is 9.91. The number of nitrogens with zero attached hydrogens (tertiary/aromatic N) is 1. The van der Waals surface area contributed by atoms with Gasteiger partial charge in [-0.2, -0.15) is 0 Å². The summed E-state index contributed by atoms with van der Waals surface area (Å²) in [4.78, 5) is 15.7. The number of methoxy groups -OCH3 is 1. The molecule has 0 saturated heterocycles. The van der Waals surface area contributed by atoms with Gasteiger partial charge in [0.15, 0.2) is 0 Å². The highest BCUT2D eigenvalue weighted by Crippen LogP contribution is 2.17.